The van der Waals surface area contributed by atoms with E-state index < -0.39 is 0 Å². The lowest BCUT2D eigenvalue weighted by Crippen LogP contribution is -2.27. The van der Waals surface area contributed by atoms with Gasteiger partial charge in [-0.05, 0) is 73.1 Å². The van der Waals surface area contributed by atoms with Crippen LogP contribution in [0.1, 0.15) is 22.4 Å². The monoisotopic (exact) mass is 418 g/mol. The summed E-state index contributed by atoms with van der Waals surface area (Å²) in [5.41, 5.74) is 4.99. The summed E-state index contributed by atoms with van der Waals surface area (Å²) in [7, 11) is 1.64. The van der Waals surface area contributed by atoms with Gasteiger partial charge in [0.2, 0.25) is 0 Å². The Balaban J connectivity index is 1.55. The van der Waals surface area contributed by atoms with E-state index in [4.69, 9.17) is 4.74 Å². The van der Waals surface area contributed by atoms with Gasteiger partial charge in [-0.25, -0.2) is 0 Å². The smallest absolute Gasteiger partial charge is 0.293 e. The maximum atomic E-state index is 12.8. The van der Waals surface area contributed by atoms with Gasteiger partial charge in [0.1, 0.15) is 5.75 Å². The highest BCUT2D eigenvalue weighted by atomic mass is 32.2. The fourth-order valence-corrected chi connectivity index (χ4v) is 4.20. The van der Waals surface area contributed by atoms with Gasteiger partial charge >= 0.3 is 0 Å². The summed E-state index contributed by atoms with van der Waals surface area (Å²) in [5.74, 6) is 0.548. The number of amides is 2. The SMILES string of the molecule is COc1ccc(-n2cc(/C=C3/SC(=O)N(Cc4ccc(C)cc4)C3=O)cc2C)cc1. The molecule has 5 nitrogen and oxygen atoms in total. The number of benzene rings is 2. The molecule has 3 aromatic rings. The number of hydrogen-bond acceptors (Lipinski definition) is 4. The first-order valence-corrected chi connectivity index (χ1v) is 10.4. The standard InChI is InChI=1S/C24H22N2O3S/c1-16-4-6-18(7-5-16)14-26-23(27)22(30-24(26)28)13-19-12-17(2)25(15-19)20-8-10-21(29-3)11-9-20/h4-13,15H,14H2,1-3H3/b22-13+. The van der Waals surface area contributed by atoms with Gasteiger partial charge < -0.3 is 9.30 Å². The minimum absolute atomic E-state index is 0.238. The molecule has 0 bridgehead atoms. The molecule has 0 saturated carbocycles. The summed E-state index contributed by atoms with van der Waals surface area (Å²) < 4.78 is 7.26. The molecule has 2 aromatic carbocycles. The quantitative estimate of drug-likeness (QED) is 0.525. The summed E-state index contributed by atoms with van der Waals surface area (Å²) >= 11 is 0.988. The van der Waals surface area contributed by atoms with Crippen LogP contribution in [0.25, 0.3) is 11.8 Å². The Hall–Kier alpha value is -3.25. The second-order valence-corrected chi connectivity index (χ2v) is 8.23. The van der Waals surface area contributed by atoms with Crippen molar-refractivity contribution in [2.75, 3.05) is 7.11 Å². The van der Waals surface area contributed by atoms with E-state index in [-0.39, 0.29) is 17.7 Å². The average molecular weight is 419 g/mol. The van der Waals surface area contributed by atoms with Crippen molar-refractivity contribution in [1.29, 1.82) is 0 Å². The number of aromatic nitrogens is 1. The van der Waals surface area contributed by atoms with Gasteiger partial charge in [-0.2, -0.15) is 0 Å². The van der Waals surface area contributed by atoms with Gasteiger partial charge in [0.15, 0.2) is 0 Å². The molecule has 1 saturated heterocycles. The molecule has 0 aliphatic carbocycles. The van der Waals surface area contributed by atoms with Gasteiger partial charge in [-0.3, -0.25) is 14.5 Å². The van der Waals surface area contributed by atoms with Crippen molar-refractivity contribution >= 4 is 29.0 Å². The second-order valence-electron chi connectivity index (χ2n) is 7.24. The Kier molecular flexibility index (Phi) is 5.50. The maximum absolute atomic E-state index is 12.8. The number of hydrogen-bond donors (Lipinski definition) is 0. The molecule has 1 aliphatic rings. The Morgan fingerprint density at radius 1 is 1.00 bits per heavy atom. The van der Waals surface area contributed by atoms with Gasteiger partial charge in [-0.1, -0.05) is 29.8 Å². The molecule has 0 atom stereocenters. The molecule has 152 valence electrons. The summed E-state index contributed by atoms with van der Waals surface area (Å²) in [6.07, 6.45) is 3.75. The van der Waals surface area contributed by atoms with E-state index in [0.29, 0.717) is 4.91 Å². The van der Waals surface area contributed by atoms with Crippen LogP contribution in [-0.2, 0) is 11.3 Å². The van der Waals surface area contributed by atoms with Crippen LogP contribution >= 0.6 is 11.8 Å². The third-order valence-electron chi connectivity index (χ3n) is 5.02. The van der Waals surface area contributed by atoms with Crippen molar-refractivity contribution < 1.29 is 14.3 Å². The lowest BCUT2D eigenvalue weighted by atomic mass is 10.1. The zero-order valence-corrected chi connectivity index (χ0v) is 17.9. The Bertz CT molecular complexity index is 1130. The Morgan fingerprint density at radius 3 is 2.37 bits per heavy atom. The van der Waals surface area contributed by atoms with Crippen molar-refractivity contribution in [3.63, 3.8) is 0 Å². The molecule has 0 radical (unpaired) electrons. The fourth-order valence-electron chi connectivity index (χ4n) is 3.36. The maximum Gasteiger partial charge on any atom is 0.293 e. The minimum atomic E-state index is -0.250. The van der Waals surface area contributed by atoms with Crippen LogP contribution in [0.5, 0.6) is 5.75 Å². The van der Waals surface area contributed by atoms with Crippen LogP contribution in [0, 0.1) is 13.8 Å². The van der Waals surface area contributed by atoms with E-state index in [0.717, 1.165) is 45.6 Å². The minimum Gasteiger partial charge on any atom is -0.497 e. The molecular weight excluding hydrogens is 396 g/mol. The summed E-state index contributed by atoms with van der Waals surface area (Å²) in [6, 6.07) is 17.6. The number of ether oxygens (including phenoxy) is 1. The lowest BCUT2D eigenvalue weighted by molar-refractivity contribution is -0.123. The first-order chi connectivity index (χ1) is 14.4. The van der Waals surface area contributed by atoms with Crippen LogP contribution in [0.2, 0.25) is 0 Å². The molecule has 1 aromatic heterocycles. The average Bonchev–Trinajstić information content (AvgIpc) is 3.23. The predicted molar refractivity (Wildman–Crippen MR) is 120 cm³/mol. The van der Waals surface area contributed by atoms with Crippen molar-refractivity contribution in [2.24, 2.45) is 0 Å². The van der Waals surface area contributed by atoms with Gasteiger partial charge in [0.05, 0.1) is 18.6 Å². The number of aryl methyl sites for hydroxylation is 2. The number of rotatable bonds is 5. The van der Waals surface area contributed by atoms with Gasteiger partial charge in [-0.15, -0.1) is 0 Å². The van der Waals surface area contributed by atoms with Crippen molar-refractivity contribution in [3.8, 4) is 11.4 Å². The van der Waals surface area contributed by atoms with E-state index >= 15 is 0 Å². The molecule has 0 unspecified atom stereocenters. The molecular formula is C24H22N2O3S. The van der Waals surface area contributed by atoms with Crippen LogP contribution in [0.15, 0.2) is 65.7 Å². The number of thioether (sulfide) groups is 1. The van der Waals surface area contributed by atoms with Crippen LogP contribution in [0.3, 0.4) is 0 Å². The lowest BCUT2D eigenvalue weighted by Gasteiger charge is -2.12. The van der Waals surface area contributed by atoms with E-state index in [9.17, 15) is 9.59 Å². The van der Waals surface area contributed by atoms with Crippen LogP contribution in [0.4, 0.5) is 4.79 Å². The molecule has 1 aliphatic heterocycles. The number of nitrogens with zero attached hydrogens (tertiary/aromatic N) is 2. The van der Waals surface area contributed by atoms with Crippen molar-refractivity contribution in [1.82, 2.24) is 9.47 Å². The van der Waals surface area contributed by atoms with E-state index in [1.54, 1.807) is 13.2 Å². The number of imide groups is 1. The molecule has 2 heterocycles. The zero-order chi connectivity index (χ0) is 21.3. The van der Waals surface area contributed by atoms with Crippen LogP contribution in [-0.4, -0.2) is 27.7 Å². The van der Waals surface area contributed by atoms with Gasteiger partial charge in [0, 0.05) is 17.6 Å². The summed E-state index contributed by atoms with van der Waals surface area (Å²) in [4.78, 5) is 27.0. The molecule has 30 heavy (non-hydrogen) atoms. The molecule has 1 fully saturated rings. The normalized spacial score (nSPS) is 15.3. The first-order valence-electron chi connectivity index (χ1n) is 9.59. The van der Waals surface area contributed by atoms with Crippen molar-refractivity contribution in [2.45, 2.75) is 20.4 Å². The zero-order valence-electron chi connectivity index (χ0n) is 17.1. The number of carbonyl (C=O) groups excluding carboxylic acids is 2. The largest absolute Gasteiger partial charge is 0.497 e. The highest BCUT2D eigenvalue weighted by Crippen LogP contribution is 2.33. The fraction of sp³-hybridized carbons (Fsp3) is 0.167. The van der Waals surface area contributed by atoms with E-state index in [2.05, 4.69) is 0 Å². The molecule has 0 spiro atoms. The number of methoxy groups -OCH3 is 1. The first kappa shape index (κ1) is 20.0. The summed E-state index contributed by atoms with van der Waals surface area (Å²) in [5, 5.41) is -0.238. The highest BCUT2D eigenvalue weighted by molar-refractivity contribution is 8.18. The highest BCUT2D eigenvalue weighted by Gasteiger charge is 2.35. The summed E-state index contributed by atoms with van der Waals surface area (Å²) in [6.45, 7) is 4.30. The number of carbonyl (C=O) groups is 2. The van der Waals surface area contributed by atoms with E-state index in [1.165, 1.54) is 4.90 Å². The predicted octanol–water partition coefficient (Wildman–Crippen LogP) is 5.34. The Labute approximate surface area is 180 Å². The topological polar surface area (TPSA) is 51.5 Å². The Morgan fingerprint density at radius 2 is 1.70 bits per heavy atom. The molecule has 0 N–H and O–H groups in total. The van der Waals surface area contributed by atoms with Crippen LogP contribution < -0.4 is 4.74 Å². The molecule has 6 heteroatoms. The third kappa shape index (κ3) is 4.04. The van der Waals surface area contributed by atoms with Crippen molar-refractivity contribution in [3.05, 3.63) is 88.1 Å². The third-order valence-corrected chi connectivity index (χ3v) is 5.92. The molecule has 4 rings (SSSR count). The molecule has 2 amide bonds. The second kappa shape index (κ2) is 8.24. The van der Waals surface area contributed by atoms with E-state index in [1.807, 2.05) is 79.2 Å². The van der Waals surface area contributed by atoms with Gasteiger partial charge in [0.25, 0.3) is 11.1 Å².